The van der Waals surface area contributed by atoms with E-state index in [4.69, 9.17) is 4.74 Å². The number of para-hydroxylation sites is 1. The van der Waals surface area contributed by atoms with Crippen LogP contribution in [0, 0.1) is 0 Å². The third kappa shape index (κ3) is 8.64. The van der Waals surface area contributed by atoms with Crippen LogP contribution in [0.15, 0.2) is 54.6 Å². The average Bonchev–Trinajstić information content (AvgIpc) is 2.70. The second-order valence-electron chi connectivity index (χ2n) is 6.06. The van der Waals surface area contributed by atoms with Crippen molar-refractivity contribution in [3.05, 3.63) is 54.6 Å². The fourth-order valence-electron chi connectivity index (χ4n) is 2.38. The molecule has 0 bridgehead atoms. The average molecular weight is 442 g/mol. The number of carbonyl (C=O) groups is 2. The maximum Gasteiger partial charge on any atom is 0.573 e. The van der Waals surface area contributed by atoms with Gasteiger partial charge in [0.05, 0.1) is 0 Å². The molecule has 0 radical (unpaired) electrons. The molecule has 1 unspecified atom stereocenters. The zero-order valence-electron chi connectivity index (χ0n) is 16.1. The number of amides is 2. The van der Waals surface area contributed by atoms with Gasteiger partial charge in [0.15, 0.2) is 6.61 Å². The highest BCUT2D eigenvalue weighted by Gasteiger charge is 2.31. The predicted octanol–water partition coefficient (Wildman–Crippen LogP) is 3.84. The summed E-state index contributed by atoms with van der Waals surface area (Å²) in [7, 11) is 0. The first kappa shape index (κ1) is 23.4. The van der Waals surface area contributed by atoms with Gasteiger partial charge in [-0.05, 0) is 54.8 Å². The monoisotopic (exact) mass is 442 g/mol. The quantitative estimate of drug-likeness (QED) is 0.585. The summed E-state index contributed by atoms with van der Waals surface area (Å²) >= 11 is 1.51. The number of carbonyl (C=O) groups excluding carboxylic acids is 2. The van der Waals surface area contributed by atoms with Crippen molar-refractivity contribution in [3.8, 4) is 11.5 Å². The fourth-order valence-corrected chi connectivity index (χ4v) is 2.85. The van der Waals surface area contributed by atoms with Crippen molar-refractivity contribution in [1.82, 2.24) is 5.32 Å². The molecular formula is C20H21F3N2O4S. The van der Waals surface area contributed by atoms with Gasteiger partial charge in [0.1, 0.15) is 17.5 Å². The Balaban J connectivity index is 1.92. The fraction of sp³-hybridized carbons (Fsp3) is 0.300. The van der Waals surface area contributed by atoms with E-state index in [2.05, 4.69) is 15.4 Å². The summed E-state index contributed by atoms with van der Waals surface area (Å²) in [5, 5.41) is 5.20. The van der Waals surface area contributed by atoms with E-state index in [9.17, 15) is 22.8 Å². The Hall–Kier alpha value is -2.88. The third-order valence-corrected chi connectivity index (χ3v) is 4.37. The smallest absolute Gasteiger partial charge is 0.484 e. The number of ether oxygens (including phenoxy) is 2. The molecule has 0 saturated heterocycles. The van der Waals surface area contributed by atoms with E-state index in [1.807, 2.05) is 12.3 Å². The first-order chi connectivity index (χ1) is 14.3. The maximum absolute atomic E-state index is 12.6. The van der Waals surface area contributed by atoms with Crippen molar-refractivity contribution in [2.24, 2.45) is 0 Å². The lowest BCUT2D eigenvalue weighted by Gasteiger charge is -2.18. The molecule has 0 aliphatic heterocycles. The number of alkyl halides is 3. The van der Waals surface area contributed by atoms with Crippen LogP contribution in [-0.2, 0) is 9.59 Å². The van der Waals surface area contributed by atoms with E-state index in [1.54, 1.807) is 24.3 Å². The molecule has 6 nitrogen and oxygen atoms in total. The summed E-state index contributed by atoms with van der Waals surface area (Å²) in [6.07, 6.45) is -2.55. The molecule has 162 valence electrons. The van der Waals surface area contributed by atoms with Gasteiger partial charge in [0, 0.05) is 5.69 Å². The van der Waals surface area contributed by atoms with Gasteiger partial charge in [-0.15, -0.1) is 13.2 Å². The van der Waals surface area contributed by atoms with E-state index in [-0.39, 0.29) is 12.3 Å². The third-order valence-electron chi connectivity index (χ3n) is 3.73. The normalized spacial score (nSPS) is 12.0. The molecule has 0 aliphatic rings. The molecule has 2 aromatic rings. The second-order valence-corrected chi connectivity index (χ2v) is 7.05. The van der Waals surface area contributed by atoms with Gasteiger partial charge >= 0.3 is 6.36 Å². The van der Waals surface area contributed by atoms with Crippen molar-refractivity contribution in [2.45, 2.75) is 18.8 Å². The first-order valence-electron chi connectivity index (χ1n) is 8.89. The van der Waals surface area contributed by atoms with Crippen molar-refractivity contribution >= 4 is 29.3 Å². The highest BCUT2D eigenvalue weighted by molar-refractivity contribution is 7.98. The first-order valence-corrected chi connectivity index (χ1v) is 10.3. The molecule has 0 aliphatic carbocycles. The molecule has 0 spiro atoms. The van der Waals surface area contributed by atoms with Crippen LogP contribution in [0.3, 0.4) is 0 Å². The lowest BCUT2D eigenvalue weighted by molar-refractivity contribution is -0.274. The summed E-state index contributed by atoms with van der Waals surface area (Å²) in [6.45, 7) is -0.253. The van der Waals surface area contributed by atoms with Crippen LogP contribution in [0.4, 0.5) is 18.9 Å². The molecule has 1 atom stereocenters. The Morgan fingerprint density at radius 2 is 1.70 bits per heavy atom. The second kappa shape index (κ2) is 11.3. The predicted molar refractivity (Wildman–Crippen MR) is 109 cm³/mol. The summed E-state index contributed by atoms with van der Waals surface area (Å²) in [5.41, 5.74) is 0.276. The van der Waals surface area contributed by atoms with Crippen molar-refractivity contribution in [1.29, 1.82) is 0 Å². The van der Waals surface area contributed by atoms with E-state index in [1.165, 1.54) is 23.9 Å². The van der Waals surface area contributed by atoms with Crippen LogP contribution in [-0.4, -0.2) is 42.8 Å². The van der Waals surface area contributed by atoms with Gasteiger partial charge < -0.3 is 20.1 Å². The zero-order valence-corrected chi connectivity index (χ0v) is 16.9. The Labute approximate surface area is 176 Å². The number of benzene rings is 2. The van der Waals surface area contributed by atoms with Crippen LogP contribution in [0.2, 0.25) is 0 Å². The van der Waals surface area contributed by atoms with Gasteiger partial charge in [0.2, 0.25) is 5.91 Å². The van der Waals surface area contributed by atoms with E-state index < -0.39 is 30.0 Å². The zero-order chi connectivity index (χ0) is 22.0. The molecule has 30 heavy (non-hydrogen) atoms. The minimum Gasteiger partial charge on any atom is -0.484 e. The Kier molecular flexibility index (Phi) is 8.85. The molecule has 10 heteroatoms. The molecule has 2 N–H and O–H groups in total. The lowest BCUT2D eigenvalue weighted by Crippen LogP contribution is -2.45. The number of hydrogen-bond donors (Lipinski definition) is 2. The lowest BCUT2D eigenvalue weighted by atomic mass is 10.2. The summed E-state index contributed by atoms with van der Waals surface area (Å²) in [5.74, 6) is -0.198. The Bertz CT molecular complexity index is 817. The van der Waals surface area contributed by atoms with E-state index in [0.29, 0.717) is 17.9 Å². The summed E-state index contributed by atoms with van der Waals surface area (Å²) in [6, 6.07) is 12.7. The standard InChI is InChI=1S/C20H21F3N2O4S/c1-30-12-11-17(25-18(26)13-28-15-5-3-2-4-6-15)19(27)24-14-7-9-16(10-8-14)29-20(21,22)23/h2-10,17H,11-13H2,1H3,(H,24,27)(H,25,26). The topological polar surface area (TPSA) is 76.7 Å². The number of anilines is 1. The van der Waals surface area contributed by atoms with Gasteiger partial charge in [-0.2, -0.15) is 11.8 Å². The Morgan fingerprint density at radius 3 is 2.30 bits per heavy atom. The highest BCUT2D eigenvalue weighted by Crippen LogP contribution is 2.24. The van der Waals surface area contributed by atoms with E-state index in [0.717, 1.165) is 12.1 Å². The van der Waals surface area contributed by atoms with Crippen LogP contribution in [0.1, 0.15) is 6.42 Å². The molecule has 0 fully saturated rings. The van der Waals surface area contributed by atoms with Crippen LogP contribution in [0.25, 0.3) is 0 Å². The number of thioether (sulfide) groups is 1. The molecule has 0 aromatic heterocycles. The molecular weight excluding hydrogens is 421 g/mol. The highest BCUT2D eigenvalue weighted by atomic mass is 32.2. The van der Waals surface area contributed by atoms with Gasteiger partial charge in [-0.3, -0.25) is 9.59 Å². The minimum atomic E-state index is -4.79. The van der Waals surface area contributed by atoms with E-state index >= 15 is 0 Å². The molecule has 2 rings (SSSR count). The van der Waals surface area contributed by atoms with Crippen molar-refractivity contribution in [2.75, 3.05) is 23.9 Å². The SMILES string of the molecule is CSCCC(NC(=O)COc1ccccc1)C(=O)Nc1ccc(OC(F)(F)F)cc1. The summed E-state index contributed by atoms with van der Waals surface area (Å²) in [4.78, 5) is 24.7. The largest absolute Gasteiger partial charge is 0.573 e. The molecule has 0 saturated carbocycles. The van der Waals surface area contributed by atoms with Gasteiger partial charge in [-0.1, -0.05) is 18.2 Å². The number of hydrogen-bond acceptors (Lipinski definition) is 5. The number of rotatable bonds is 10. The van der Waals surface area contributed by atoms with Crippen molar-refractivity contribution < 1.29 is 32.2 Å². The van der Waals surface area contributed by atoms with Gasteiger partial charge in [-0.25, -0.2) is 0 Å². The molecule has 2 aromatic carbocycles. The van der Waals surface area contributed by atoms with Crippen LogP contribution in [0.5, 0.6) is 11.5 Å². The van der Waals surface area contributed by atoms with Crippen LogP contribution < -0.4 is 20.1 Å². The number of nitrogens with one attached hydrogen (secondary N) is 2. The number of halogens is 3. The molecule has 0 heterocycles. The maximum atomic E-state index is 12.6. The van der Waals surface area contributed by atoms with Crippen molar-refractivity contribution in [3.63, 3.8) is 0 Å². The Morgan fingerprint density at radius 1 is 1.03 bits per heavy atom. The minimum absolute atomic E-state index is 0.253. The van der Waals surface area contributed by atoms with Gasteiger partial charge in [0.25, 0.3) is 5.91 Å². The van der Waals surface area contributed by atoms with Crippen LogP contribution >= 0.6 is 11.8 Å². The summed E-state index contributed by atoms with van der Waals surface area (Å²) < 4.78 is 45.8. The molecule has 2 amide bonds.